The summed E-state index contributed by atoms with van der Waals surface area (Å²) in [5.41, 5.74) is 5.65. The highest BCUT2D eigenvalue weighted by atomic mass is 16.5. The Bertz CT molecular complexity index is 228. The lowest BCUT2D eigenvalue weighted by atomic mass is 10.0. The summed E-state index contributed by atoms with van der Waals surface area (Å²) in [5, 5.41) is 0. The SMILES string of the molecule is CCOC(=O)C(N)CC1CCC(C)(C)O1. The average molecular weight is 215 g/mol. The van der Waals surface area contributed by atoms with Crippen molar-refractivity contribution in [3.8, 4) is 0 Å². The Morgan fingerprint density at radius 3 is 2.80 bits per heavy atom. The second-order valence-corrected chi connectivity index (χ2v) is 4.63. The summed E-state index contributed by atoms with van der Waals surface area (Å²) < 4.78 is 10.6. The van der Waals surface area contributed by atoms with Crippen LogP contribution in [0.3, 0.4) is 0 Å². The molecular weight excluding hydrogens is 194 g/mol. The first kappa shape index (κ1) is 12.5. The molecule has 2 N–H and O–H groups in total. The predicted octanol–water partition coefficient (Wildman–Crippen LogP) is 1.22. The molecule has 2 unspecified atom stereocenters. The van der Waals surface area contributed by atoms with E-state index >= 15 is 0 Å². The highest BCUT2D eigenvalue weighted by molar-refractivity contribution is 5.75. The third-order valence-corrected chi connectivity index (χ3v) is 2.66. The fraction of sp³-hybridized carbons (Fsp3) is 0.909. The highest BCUT2D eigenvalue weighted by Gasteiger charge is 2.33. The van der Waals surface area contributed by atoms with E-state index in [9.17, 15) is 4.79 Å². The van der Waals surface area contributed by atoms with Crippen molar-refractivity contribution in [2.24, 2.45) is 5.73 Å². The zero-order chi connectivity index (χ0) is 11.5. The van der Waals surface area contributed by atoms with Crippen LogP contribution in [0.5, 0.6) is 0 Å². The molecule has 1 rings (SSSR count). The van der Waals surface area contributed by atoms with Crippen molar-refractivity contribution in [3.05, 3.63) is 0 Å². The molecule has 0 spiro atoms. The van der Waals surface area contributed by atoms with Crippen molar-refractivity contribution in [2.45, 2.75) is 57.8 Å². The summed E-state index contributed by atoms with van der Waals surface area (Å²) in [4.78, 5) is 11.3. The average Bonchev–Trinajstić information content (AvgIpc) is 2.46. The Kier molecular flexibility index (Phi) is 4.11. The van der Waals surface area contributed by atoms with Crippen LogP contribution in [-0.2, 0) is 14.3 Å². The van der Waals surface area contributed by atoms with E-state index in [4.69, 9.17) is 15.2 Å². The molecule has 0 bridgehead atoms. The van der Waals surface area contributed by atoms with E-state index in [0.717, 1.165) is 12.8 Å². The van der Waals surface area contributed by atoms with E-state index in [0.29, 0.717) is 13.0 Å². The van der Waals surface area contributed by atoms with Gasteiger partial charge in [0, 0.05) is 0 Å². The molecule has 15 heavy (non-hydrogen) atoms. The van der Waals surface area contributed by atoms with Crippen LogP contribution in [-0.4, -0.2) is 30.3 Å². The van der Waals surface area contributed by atoms with Crippen LogP contribution in [0.1, 0.15) is 40.0 Å². The zero-order valence-electron chi connectivity index (χ0n) is 9.79. The quantitative estimate of drug-likeness (QED) is 0.716. The molecule has 0 aromatic carbocycles. The first-order valence-corrected chi connectivity index (χ1v) is 5.54. The van der Waals surface area contributed by atoms with Gasteiger partial charge in [0.15, 0.2) is 0 Å². The monoisotopic (exact) mass is 215 g/mol. The van der Waals surface area contributed by atoms with Gasteiger partial charge in [-0.1, -0.05) is 0 Å². The Hall–Kier alpha value is -0.610. The lowest BCUT2D eigenvalue weighted by molar-refractivity contribution is -0.146. The molecular formula is C11H21NO3. The maximum Gasteiger partial charge on any atom is 0.322 e. The minimum atomic E-state index is -0.552. The van der Waals surface area contributed by atoms with Crippen molar-refractivity contribution in [1.82, 2.24) is 0 Å². The fourth-order valence-electron chi connectivity index (χ4n) is 1.87. The zero-order valence-corrected chi connectivity index (χ0v) is 9.79. The summed E-state index contributed by atoms with van der Waals surface area (Å²) in [5.74, 6) is -0.328. The fourth-order valence-corrected chi connectivity index (χ4v) is 1.87. The first-order valence-electron chi connectivity index (χ1n) is 5.54. The number of hydrogen-bond acceptors (Lipinski definition) is 4. The van der Waals surface area contributed by atoms with Gasteiger partial charge in [-0.25, -0.2) is 0 Å². The number of carbonyl (C=O) groups excluding carboxylic acids is 1. The van der Waals surface area contributed by atoms with Crippen molar-refractivity contribution in [3.63, 3.8) is 0 Å². The number of rotatable bonds is 4. The van der Waals surface area contributed by atoms with E-state index in [2.05, 4.69) is 13.8 Å². The minimum Gasteiger partial charge on any atom is -0.465 e. The van der Waals surface area contributed by atoms with Crippen molar-refractivity contribution < 1.29 is 14.3 Å². The smallest absolute Gasteiger partial charge is 0.322 e. The van der Waals surface area contributed by atoms with Gasteiger partial charge in [-0.3, -0.25) is 4.79 Å². The molecule has 1 saturated heterocycles. The Morgan fingerprint density at radius 1 is 1.67 bits per heavy atom. The van der Waals surface area contributed by atoms with Gasteiger partial charge < -0.3 is 15.2 Å². The third kappa shape index (κ3) is 3.80. The maximum atomic E-state index is 11.3. The lowest BCUT2D eigenvalue weighted by Gasteiger charge is -2.20. The molecule has 1 aliphatic heterocycles. The van der Waals surface area contributed by atoms with Gasteiger partial charge in [0.25, 0.3) is 0 Å². The number of nitrogens with two attached hydrogens (primary N) is 1. The summed E-state index contributed by atoms with van der Waals surface area (Å²) in [7, 11) is 0. The van der Waals surface area contributed by atoms with Gasteiger partial charge in [-0.05, 0) is 40.0 Å². The van der Waals surface area contributed by atoms with Crippen molar-refractivity contribution in [1.29, 1.82) is 0 Å². The van der Waals surface area contributed by atoms with Crippen LogP contribution in [0.15, 0.2) is 0 Å². The molecule has 0 radical (unpaired) electrons. The second kappa shape index (κ2) is 4.94. The number of hydrogen-bond donors (Lipinski definition) is 1. The Balaban J connectivity index is 2.33. The van der Waals surface area contributed by atoms with Gasteiger partial charge in [0.1, 0.15) is 6.04 Å². The van der Waals surface area contributed by atoms with E-state index < -0.39 is 6.04 Å². The summed E-state index contributed by atoms with van der Waals surface area (Å²) in [6.07, 6.45) is 2.65. The van der Waals surface area contributed by atoms with E-state index in [1.165, 1.54) is 0 Å². The molecule has 88 valence electrons. The molecule has 0 aliphatic carbocycles. The number of esters is 1. The normalized spacial score (nSPS) is 26.3. The lowest BCUT2D eigenvalue weighted by Crippen LogP contribution is -2.36. The number of ether oxygens (including phenoxy) is 2. The Labute approximate surface area is 91.1 Å². The molecule has 0 amide bonds. The van der Waals surface area contributed by atoms with Crippen LogP contribution in [0.4, 0.5) is 0 Å². The molecule has 4 heteroatoms. The number of carbonyl (C=O) groups is 1. The minimum absolute atomic E-state index is 0.0704. The largest absolute Gasteiger partial charge is 0.465 e. The second-order valence-electron chi connectivity index (χ2n) is 4.63. The van der Waals surface area contributed by atoms with E-state index in [1.807, 2.05) is 0 Å². The van der Waals surface area contributed by atoms with Crippen molar-refractivity contribution in [2.75, 3.05) is 6.61 Å². The maximum absolute atomic E-state index is 11.3. The van der Waals surface area contributed by atoms with Gasteiger partial charge in [0.05, 0.1) is 18.3 Å². The molecule has 0 saturated carbocycles. The molecule has 1 fully saturated rings. The molecule has 0 aromatic heterocycles. The van der Waals surface area contributed by atoms with E-state index in [1.54, 1.807) is 6.92 Å². The summed E-state index contributed by atoms with van der Waals surface area (Å²) in [6, 6.07) is -0.552. The standard InChI is InChI=1S/C11H21NO3/c1-4-14-10(13)9(12)7-8-5-6-11(2,3)15-8/h8-9H,4-7,12H2,1-3H3. The van der Waals surface area contributed by atoms with Crippen LogP contribution in [0, 0.1) is 0 Å². The topological polar surface area (TPSA) is 61.5 Å². The Morgan fingerprint density at radius 2 is 2.33 bits per heavy atom. The first-order chi connectivity index (χ1) is 6.94. The molecule has 4 nitrogen and oxygen atoms in total. The van der Waals surface area contributed by atoms with Crippen LogP contribution in [0.2, 0.25) is 0 Å². The van der Waals surface area contributed by atoms with Gasteiger partial charge in [-0.2, -0.15) is 0 Å². The van der Waals surface area contributed by atoms with Crippen LogP contribution < -0.4 is 5.73 Å². The summed E-state index contributed by atoms with van der Waals surface area (Å²) >= 11 is 0. The van der Waals surface area contributed by atoms with Crippen molar-refractivity contribution >= 4 is 5.97 Å². The van der Waals surface area contributed by atoms with Gasteiger partial charge >= 0.3 is 5.97 Å². The molecule has 1 aliphatic rings. The summed E-state index contributed by atoms with van der Waals surface area (Å²) in [6.45, 7) is 6.27. The van der Waals surface area contributed by atoms with Gasteiger partial charge in [-0.15, -0.1) is 0 Å². The highest BCUT2D eigenvalue weighted by Crippen LogP contribution is 2.31. The molecule has 1 heterocycles. The third-order valence-electron chi connectivity index (χ3n) is 2.66. The van der Waals surface area contributed by atoms with Crippen LogP contribution >= 0.6 is 0 Å². The molecule has 0 aromatic rings. The molecule has 2 atom stereocenters. The predicted molar refractivity (Wildman–Crippen MR) is 57.4 cm³/mol. The van der Waals surface area contributed by atoms with E-state index in [-0.39, 0.29) is 17.7 Å². The van der Waals surface area contributed by atoms with Crippen LogP contribution in [0.25, 0.3) is 0 Å². The van der Waals surface area contributed by atoms with Gasteiger partial charge in [0.2, 0.25) is 0 Å².